The van der Waals surface area contributed by atoms with Crippen molar-refractivity contribution in [3.05, 3.63) is 25.0 Å². The lowest BCUT2D eigenvalue weighted by Gasteiger charge is -2.17. The molecule has 1 fully saturated rings. The lowest BCUT2D eigenvalue weighted by Crippen LogP contribution is -2.26. The zero-order chi connectivity index (χ0) is 14.2. The van der Waals surface area contributed by atoms with E-state index in [9.17, 15) is 0 Å². The second-order valence-corrected chi connectivity index (χ2v) is 5.27. The third kappa shape index (κ3) is 2.18. The molecule has 3 aromatic rings. The van der Waals surface area contributed by atoms with Crippen LogP contribution in [0.1, 0.15) is 6.42 Å². The number of aromatic amines is 1. The Balaban J connectivity index is 1.50. The molecule has 0 radical (unpaired) electrons. The molecular formula is C13H16N8. The Morgan fingerprint density at radius 2 is 2.29 bits per heavy atom. The average Bonchev–Trinajstić information content (AvgIpc) is 3.18. The van der Waals surface area contributed by atoms with Crippen LogP contribution in [0, 0.1) is 0 Å². The van der Waals surface area contributed by atoms with Crippen molar-refractivity contribution in [1.82, 2.24) is 29.7 Å². The lowest BCUT2D eigenvalue weighted by molar-refractivity contribution is 0.767. The van der Waals surface area contributed by atoms with Gasteiger partial charge in [-0.3, -0.25) is 4.68 Å². The number of rotatable bonds is 3. The molecular weight excluding hydrogens is 268 g/mol. The van der Waals surface area contributed by atoms with E-state index in [1.54, 1.807) is 12.7 Å². The van der Waals surface area contributed by atoms with Gasteiger partial charge >= 0.3 is 0 Å². The van der Waals surface area contributed by atoms with Gasteiger partial charge in [-0.1, -0.05) is 0 Å². The Morgan fingerprint density at radius 1 is 1.33 bits per heavy atom. The first kappa shape index (κ1) is 12.1. The van der Waals surface area contributed by atoms with Gasteiger partial charge in [-0.05, 0) is 6.42 Å². The minimum atomic E-state index is 0.353. The van der Waals surface area contributed by atoms with Crippen LogP contribution in [0.4, 0.5) is 11.5 Å². The second kappa shape index (κ2) is 4.72. The zero-order valence-corrected chi connectivity index (χ0v) is 11.7. The highest BCUT2D eigenvalue weighted by Gasteiger charge is 2.24. The molecule has 1 aliphatic rings. The molecule has 1 atom stereocenters. The van der Waals surface area contributed by atoms with Crippen molar-refractivity contribution in [2.45, 2.75) is 12.5 Å². The molecule has 0 saturated carbocycles. The summed E-state index contributed by atoms with van der Waals surface area (Å²) >= 11 is 0. The van der Waals surface area contributed by atoms with Crippen LogP contribution in [-0.4, -0.2) is 48.8 Å². The SMILES string of the molecule is Cn1cc(N2CCC(Nc3ncnc4nc[nH]c34)C2)cn1. The highest BCUT2D eigenvalue weighted by molar-refractivity contribution is 5.82. The van der Waals surface area contributed by atoms with Gasteiger partial charge in [-0.2, -0.15) is 5.10 Å². The number of nitrogens with zero attached hydrogens (tertiary/aromatic N) is 6. The van der Waals surface area contributed by atoms with Crippen LogP contribution >= 0.6 is 0 Å². The van der Waals surface area contributed by atoms with E-state index < -0.39 is 0 Å². The van der Waals surface area contributed by atoms with E-state index in [0.717, 1.165) is 36.5 Å². The molecule has 3 aromatic heterocycles. The molecule has 4 heterocycles. The van der Waals surface area contributed by atoms with Crippen LogP contribution in [0.25, 0.3) is 11.2 Å². The van der Waals surface area contributed by atoms with Crippen LogP contribution in [0.15, 0.2) is 25.0 Å². The summed E-state index contributed by atoms with van der Waals surface area (Å²) in [4.78, 5) is 18.0. The van der Waals surface area contributed by atoms with Crippen molar-refractivity contribution in [3.63, 3.8) is 0 Å². The third-order valence-corrected chi connectivity index (χ3v) is 3.81. The summed E-state index contributed by atoms with van der Waals surface area (Å²) in [7, 11) is 1.94. The van der Waals surface area contributed by atoms with Gasteiger partial charge in [-0.15, -0.1) is 0 Å². The number of imidazole rings is 1. The van der Waals surface area contributed by atoms with E-state index in [1.807, 2.05) is 24.1 Å². The summed E-state index contributed by atoms with van der Waals surface area (Å²) in [6.07, 6.45) is 8.19. The van der Waals surface area contributed by atoms with Gasteiger partial charge in [0.2, 0.25) is 0 Å². The van der Waals surface area contributed by atoms with Gasteiger partial charge in [0.1, 0.15) is 11.8 Å². The Kier molecular flexibility index (Phi) is 2.73. The molecule has 8 heteroatoms. The predicted molar refractivity (Wildman–Crippen MR) is 79.1 cm³/mol. The summed E-state index contributed by atoms with van der Waals surface area (Å²) < 4.78 is 1.83. The van der Waals surface area contributed by atoms with Crippen LogP contribution < -0.4 is 10.2 Å². The Labute approximate surface area is 121 Å². The minimum Gasteiger partial charge on any atom is -0.367 e. The number of nitrogens with one attached hydrogen (secondary N) is 2. The number of aromatic nitrogens is 6. The zero-order valence-electron chi connectivity index (χ0n) is 11.7. The van der Waals surface area contributed by atoms with E-state index in [4.69, 9.17) is 0 Å². The maximum atomic E-state index is 4.32. The minimum absolute atomic E-state index is 0.353. The highest BCUT2D eigenvalue weighted by atomic mass is 15.3. The van der Waals surface area contributed by atoms with Crippen molar-refractivity contribution >= 4 is 22.7 Å². The van der Waals surface area contributed by atoms with Crippen molar-refractivity contribution in [1.29, 1.82) is 0 Å². The normalized spacial score (nSPS) is 18.5. The van der Waals surface area contributed by atoms with Gasteiger partial charge in [0, 0.05) is 32.4 Å². The Morgan fingerprint density at radius 3 is 3.14 bits per heavy atom. The average molecular weight is 284 g/mol. The molecule has 108 valence electrons. The summed E-state index contributed by atoms with van der Waals surface area (Å²) in [5.41, 5.74) is 2.71. The fourth-order valence-electron chi connectivity index (χ4n) is 2.75. The number of anilines is 2. The van der Waals surface area contributed by atoms with E-state index >= 15 is 0 Å². The topological polar surface area (TPSA) is 87.5 Å². The molecule has 0 aromatic carbocycles. The fourth-order valence-corrected chi connectivity index (χ4v) is 2.75. The van der Waals surface area contributed by atoms with Crippen LogP contribution in [-0.2, 0) is 7.05 Å². The van der Waals surface area contributed by atoms with Gasteiger partial charge in [0.25, 0.3) is 0 Å². The third-order valence-electron chi connectivity index (χ3n) is 3.81. The highest BCUT2D eigenvalue weighted by Crippen LogP contribution is 2.23. The molecule has 0 aliphatic carbocycles. The van der Waals surface area contributed by atoms with Crippen molar-refractivity contribution in [3.8, 4) is 0 Å². The van der Waals surface area contributed by atoms with Gasteiger partial charge in [0.15, 0.2) is 11.5 Å². The molecule has 2 N–H and O–H groups in total. The molecule has 21 heavy (non-hydrogen) atoms. The number of aryl methyl sites for hydroxylation is 1. The quantitative estimate of drug-likeness (QED) is 0.739. The Hall–Kier alpha value is -2.64. The maximum absolute atomic E-state index is 4.32. The number of H-pyrrole nitrogens is 1. The van der Waals surface area contributed by atoms with E-state index in [-0.39, 0.29) is 0 Å². The second-order valence-electron chi connectivity index (χ2n) is 5.27. The lowest BCUT2D eigenvalue weighted by atomic mass is 10.2. The van der Waals surface area contributed by atoms with Crippen LogP contribution in [0.5, 0.6) is 0 Å². The van der Waals surface area contributed by atoms with E-state index in [0.29, 0.717) is 11.7 Å². The summed E-state index contributed by atoms with van der Waals surface area (Å²) in [6.45, 7) is 1.95. The first-order chi connectivity index (χ1) is 10.3. The monoisotopic (exact) mass is 284 g/mol. The molecule has 8 nitrogen and oxygen atoms in total. The maximum Gasteiger partial charge on any atom is 0.182 e. The van der Waals surface area contributed by atoms with E-state index in [2.05, 4.69) is 35.3 Å². The summed E-state index contributed by atoms with van der Waals surface area (Å²) in [5, 5.41) is 7.71. The van der Waals surface area contributed by atoms with Gasteiger partial charge in [0.05, 0.1) is 18.2 Å². The smallest absolute Gasteiger partial charge is 0.182 e. The Bertz CT molecular complexity index is 760. The fraction of sp³-hybridized carbons (Fsp3) is 0.385. The standard InChI is InChI=1S/C13H16N8/c1-20-6-10(4-18-20)21-3-2-9(5-21)19-13-11-12(15-7-14-11)16-8-17-13/h4,6-9H,2-3,5H2,1H3,(H2,14,15,16,17,19). The van der Waals surface area contributed by atoms with Crippen LogP contribution in [0.2, 0.25) is 0 Å². The van der Waals surface area contributed by atoms with Gasteiger partial charge in [-0.25, -0.2) is 15.0 Å². The molecule has 1 aliphatic heterocycles. The van der Waals surface area contributed by atoms with Crippen molar-refractivity contribution < 1.29 is 0 Å². The van der Waals surface area contributed by atoms with Gasteiger partial charge < -0.3 is 15.2 Å². The van der Waals surface area contributed by atoms with Crippen molar-refractivity contribution in [2.24, 2.45) is 7.05 Å². The first-order valence-electron chi connectivity index (χ1n) is 6.94. The molecule has 1 unspecified atom stereocenters. The molecule has 0 spiro atoms. The summed E-state index contributed by atoms with van der Waals surface area (Å²) in [6, 6.07) is 0.353. The van der Waals surface area contributed by atoms with E-state index in [1.165, 1.54) is 0 Å². The number of fused-ring (bicyclic) bond motifs is 1. The summed E-state index contributed by atoms with van der Waals surface area (Å²) in [5.74, 6) is 0.815. The molecule has 0 amide bonds. The first-order valence-corrected chi connectivity index (χ1v) is 6.94. The number of hydrogen-bond donors (Lipinski definition) is 2. The van der Waals surface area contributed by atoms with Crippen LogP contribution in [0.3, 0.4) is 0 Å². The predicted octanol–water partition coefficient (Wildman–Crippen LogP) is 0.777. The largest absolute Gasteiger partial charge is 0.367 e. The molecule has 0 bridgehead atoms. The van der Waals surface area contributed by atoms with Crippen molar-refractivity contribution in [2.75, 3.05) is 23.3 Å². The number of hydrogen-bond acceptors (Lipinski definition) is 6. The molecule has 4 rings (SSSR count). The molecule has 1 saturated heterocycles.